The molecule has 1 atom stereocenters. The lowest BCUT2D eigenvalue weighted by Gasteiger charge is -2.15. The summed E-state index contributed by atoms with van der Waals surface area (Å²) in [6, 6.07) is 1.26. The third-order valence-corrected chi connectivity index (χ3v) is 1.60. The minimum atomic E-state index is -0.435. The van der Waals surface area contributed by atoms with Crippen LogP contribution in [0.4, 0.5) is 4.39 Å². The number of nitrogens with zero attached hydrogens (tertiary/aromatic N) is 1. The third kappa shape index (κ3) is 3.27. The van der Waals surface area contributed by atoms with Crippen LogP contribution in [0.1, 0.15) is 0 Å². The van der Waals surface area contributed by atoms with Crippen molar-refractivity contribution < 1.29 is 13.9 Å². The van der Waals surface area contributed by atoms with E-state index in [0.29, 0.717) is 18.9 Å². The highest BCUT2D eigenvalue weighted by molar-refractivity contribution is 5.17. The molecule has 5 heteroatoms. The van der Waals surface area contributed by atoms with Crippen LogP contribution < -0.4 is 10.5 Å². The molecule has 0 amide bonds. The van der Waals surface area contributed by atoms with Crippen molar-refractivity contribution in [3.8, 4) is 5.75 Å². The molecule has 1 unspecified atom stereocenters. The molecule has 1 heterocycles. The highest BCUT2D eigenvalue weighted by Gasteiger charge is 2.08. The molecule has 0 radical (unpaired) electrons. The fourth-order valence-corrected chi connectivity index (χ4v) is 0.985. The van der Waals surface area contributed by atoms with E-state index in [1.807, 2.05) is 0 Å². The van der Waals surface area contributed by atoms with Crippen LogP contribution in [0.3, 0.4) is 0 Å². The topological polar surface area (TPSA) is 57.4 Å². The van der Waals surface area contributed by atoms with Gasteiger partial charge in [0.1, 0.15) is 17.7 Å². The zero-order valence-electron chi connectivity index (χ0n) is 7.94. The minimum Gasteiger partial charge on any atom is -0.485 e. The first-order valence-corrected chi connectivity index (χ1v) is 4.22. The second-order valence-electron chi connectivity index (χ2n) is 2.77. The maximum atomic E-state index is 12.7. The van der Waals surface area contributed by atoms with Crippen molar-refractivity contribution in [1.82, 2.24) is 4.98 Å². The van der Waals surface area contributed by atoms with Crippen LogP contribution in [0.5, 0.6) is 5.75 Å². The highest BCUT2D eigenvalue weighted by Crippen LogP contribution is 2.11. The first-order chi connectivity index (χ1) is 6.76. The number of nitrogens with two attached hydrogens (primary N) is 1. The average Bonchev–Trinajstić information content (AvgIpc) is 2.17. The number of hydrogen-bond acceptors (Lipinski definition) is 4. The molecule has 4 nitrogen and oxygen atoms in total. The summed E-state index contributed by atoms with van der Waals surface area (Å²) in [6.07, 6.45) is 2.27. The van der Waals surface area contributed by atoms with Crippen LogP contribution in [0.25, 0.3) is 0 Å². The third-order valence-electron chi connectivity index (χ3n) is 1.60. The fraction of sp³-hybridized carbons (Fsp3) is 0.444. The summed E-state index contributed by atoms with van der Waals surface area (Å²) in [5, 5.41) is 0. The van der Waals surface area contributed by atoms with Crippen LogP contribution in [0.15, 0.2) is 18.5 Å². The molecule has 1 rings (SSSR count). The van der Waals surface area contributed by atoms with E-state index in [-0.39, 0.29) is 6.10 Å². The number of ether oxygens (including phenoxy) is 2. The summed E-state index contributed by atoms with van der Waals surface area (Å²) in [4.78, 5) is 3.65. The van der Waals surface area contributed by atoms with Gasteiger partial charge in [0.25, 0.3) is 0 Å². The number of hydrogen-bond donors (Lipinski definition) is 1. The molecule has 78 valence electrons. The lowest BCUT2D eigenvalue weighted by Crippen LogP contribution is -2.31. The van der Waals surface area contributed by atoms with Gasteiger partial charge in [0, 0.05) is 19.7 Å². The molecule has 0 aliphatic heterocycles. The molecule has 0 saturated carbocycles. The Morgan fingerprint density at radius 3 is 2.93 bits per heavy atom. The number of rotatable bonds is 5. The zero-order valence-corrected chi connectivity index (χ0v) is 7.94. The predicted octanol–water partition coefficient (Wildman–Crippen LogP) is 0.573. The monoisotopic (exact) mass is 200 g/mol. The number of halogens is 1. The Balaban J connectivity index is 2.57. The summed E-state index contributed by atoms with van der Waals surface area (Å²) in [5.74, 6) is -0.0758. The molecule has 0 saturated heterocycles. The molecule has 0 aromatic carbocycles. The molecular formula is C9H13FN2O2. The van der Waals surface area contributed by atoms with Crippen molar-refractivity contribution >= 4 is 0 Å². The summed E-state index contributed by atoms with van der Waals surface area (Å²) in [6.45, 7) is 0.678. The largest absolute Gasteiger partial charge is 0.485 e. The second-order valence-corrected chi connectivity index (χ2v) is 2.77. The molecule has 0 spiro atoms. The zero-order chi connectivity index (χ0) is 10.4. The van der Waals surface area contributed by atoms with E-state index in [0.717, 1.165) is 6.20 Å². The van der Waals surface area contributed by atoms with E-state index >= 15 is 0 Å². The molecule has 2 N–H and O–H groups in total. The van der Waals surface area contributed by atoms with E-state index in [9.17, 15) is 4.39 Å². The summed E-state index contributed by atoms with van der Waals surface area (Å²) >= 11 is 0. The van der Waals surface area contributed by atoms with Crippen molar-refractivity contribution in [3.05, 3.63) is 24.3 Å². The van der Waals surface area contributed by atoms with Gasteiger partial charge in [0.2, 0.25) is 0 Å². The minimum absolute atomic E-state index is 0.274. The first-order valence-electron chi connectivity index (χ1n) is 4.22. The van der Waals surface area contributed by atoms with Crippen molar-refractivity contribution in [3.63, 3.8) is 0 Å². The smallest absolute Gasteiger partial charge is 0.145 e. The van der Waals surface area contributed by atoms with Gasteiger partial charge in [0.05, 0.1) is 19.0 Å². The SMILES string of the molecule is COCC(CN)Oc1cncc(F)c1. The Morgan fingerprint density at radius 2 is 2.36 bits per heavy atom. The Hall–Kier alpha value is -1.20. The molecule has 0 aliphatic carbocycles. The Labute approximate surface area is 81.8 Å². The average molecular weight is 200 g/mol. The van der Waals surface area contributed by atoms with Gasteiger partial charge in [-0.15, -0.1) is 0 Å². The molecule has 0 aliphatic rings. The predicted molar refractivity (Wildman–Crippen MR) is 49.5 cm³/mol. The van der Waals surface area contributed by atoms with Gasteiger partial charge in [-0.2, -0.15) is 0 Å². The second kappa shape index (κ2) is 5.51. The van der Waals surface area contributed by atoms with Gasteiger partial charge >= 0.3 is 0 Å². The van der Waals surface area contributed by atoms with E-state index in [1.54, 1.807) is 7.11 Å². The molecule has 1 aromatic rings. The van der Waals surface area contributed by atoms with Gasteiger partial charge in [0.15, 0.2) is 0 Å². The summed E-state index contributed by atoms with van der Waals surface area (Å²) in [5.41, 5.74) is 5.43. The van der Waals surface area contributed by atoms with Crippen molar-refractivity contribution in [1.29, 1.82) is 0 Å². The standard InChI is InChI=1S/C9H13FN2O2/c1-13-6-9(3-11)14-8-2-7(10)4-12-5-8/h2,4-5,9H,3,6,11H2,1H3. The normalized spacial score (nSPS) is 12.5. The molecular weight excluding hydrogens is 187 g/mol. The van der Waals surface area contributed by atoms with E-state index < -0.39 is 5.82 Å². The van der Waals surface area contributed by atoms with Gasteiger partial charge in [-0.05, 0) is 0 Å². The number of methoxy groups -OCH3 is 1. The highest BCUT2D eigenvalue weighted by atomic mass is 19.1. The van der Waals surface area contributed by atoms with Crippen molar-refractivity contribution in [2.45, 2.75) is 6.10 Å². The fourth-order valence-electron chi connectivity index (χ4n) is 0.985. The lowest BCUT2D eigenvalue weighted by atomic mass is 10.3. The van der Waals surface area contributed by atoms with Crippen LogP contribution in [-0.2, 0) is 4.74 Å². The Bertz CT molecular complexity index is 283. The number of aromatic nitrogens is 1. The Morgan fingerprint density at radius 1 is 1.57 bits per heavy atom. The van der Waals surface area contributed by atoms with Crippen LogP contribution >= 0.6 is 0 Å². The first kappa shape index (κ1) is 10.9. The van der Waals surface area contributed by atoms with Gasteiger partial charge in [-0.1, -0.05) is 0 Å². The molecule has 14 heavy (non-hydrogen) atoms. The molecule has 1 aromatic heterocycles. The van der Waals surface area contributed by atoms with Gasteiger partial charge < -0.3 is 15.2 Å². The lowest BCUT2D eigenvalue weighted by molar-refractivity contribution is 0.0855. The van der Waals surface area contributed by atoms with Crippen molar-refractivity contribution in [2.24, 2.45) is 5.73 Å². The maximum Gasteiger partial charge on any atom is 0.145 e. The van der Waals surface area contributed by atoms with Crippen LogP contribution in [-0.4, -0.2) is 31.3 Å². The molecule has 0 bridgehead atoms. The van der Waals surface area contributed by atoms with Gasteiger partial charge in [-0.25, -0.2) is 4.39 Å². The van der Waals surface area contributed by atoms with Crippen molar-refractivity contribution in [2.75, 3.05) is 20.3 Å². The van der Waals surface area contributed by atoms with E-state index in [4.69, 9.17) is 15.2 Å². The quantitative estimate of drug-likeness (QED) is 0.755. The Kier molecular flexibility index (Phi) is 4.28. The maximum absolute atomic E-state index is 12.7. The van der Waals surface area contributed by atoms with Crippen LogP contribution in [0, 0.1) is 5.82 Å². The summed E-state index contributed by atoms with van der Waals surface area (Å²) < 4.78 is 22.9. The van der Waals surface area contributed by atoms with Gasteiger partial charge in [-0.3, -0.25) is 4.98 Å². The molecule has 0 fully saturated rings. The van der Waals surface area contributed by atoms with E-state index in [1.165, 1.54) is 12.3 Å². The summed E-state index contributed by atoms with van der Waals surface area (Å²) in [7, 11) is 1.55. The number of pyridine rings is 1. The van der Waals surface area contributed by atoms with Crippen LogP contribution in [0.2, 0.25) is 0 Å². The van der Waals surface area contributed by atoms with E-state index in [2.05, 4.69) is 4.98 Å².